The first-order valence-electron chi connectivity index (χ1n) is 22.5. The molecule has 2 nitrogen and oxygen atoms in total. The van der Waals surface area contributed by atoms with Gasteiger partial charge in [0.1, 0.15) is 94.2 Å². The van der Waals surface area contributed by atoms with Crippen molar-refractivity contribution in [3.05, 3.63) is 133 Å². The molecule has 2 heterocycles. The average molecular weight is 813 g/mol. The lowest BCUT2D eigenvalue weighted by Gasteiger charge is -2.45. The fourth-order valence-corrected chi connectivity index (χ4v) is 15.6. The maximum absolute atomic E-state index is 2.61. The summed E-state index contributed by atoms with van der Waals surface area (Å²) in [6.45, 7) is 0. The molecule has 2 aromatic heterocycles. The van der Waals surface area contributed by atoms with Gasteiger partial charge in [-0.1, -0.05) is 127 Å². The number of benzene rings is 8. The standard InChI is InChI=1S/C48H46B12N2S/c49-33-31-32-34(50)36(52)38(54)41(57)46(32)61(45(31)40(56)37(53)35(33)51)23-20-21-30-28(22-23)27-18-10-11-19-29(27)62(30)47-42(58)39(55)43(59)48(44(47)60)63(24-12-4-1-5-13-24,25-14-6-2-7-15-25)26-16-8-3-9-17-26/h1-22H,49-60H2. The Bertz CT molecular complexity index is 3360. The van der Waals surface area contributed by atoms with Crippen LogP contribution in [0, 0.1) is 0 Å². The van der Waals surface area contributed by atoms with Crippen molar-refractivity contribution in [2.75, 3.05) is 0 Å². The Labute approximate surface area is 384 Å². The summed E-state index contributed by atoms with van der Waals surface area (Å²) >= 11 is 0. The molecular formula is C48H46B12N2S. The van der Waals surface area contributed by atoms with Gasteiger partial charge in [0.15, 0.2) is 0 Å². The molecule has 0 radical (unpaired) electrons. The molecule has 0 unspecified atom stereocenters. The van der Waals surface area contributed by atoms with E-state index in [1.54, 1.807) is 0 Å². The van der Waals surface area contributed by atoms with Crippen molar-refractivity contribution < 1.29 is 0 Å². The second kappa shape index (κ2) is 15.3. The number of para-hydroxylation sites is 1. The molecule has 0 aliphatic rings. The predicted molar refractivity (Wildman–Crippen MR) is 313 cm³/mol. The van der Waals surface area contributed by atoms with Crippen molar-refractivity contribution >= 4 is 213 Å². The third-order valence-corrected chi connectivity index (χ3v) is 19.4. The van der Waals surface area contributed by atoms with E-state index in [1.807, 2.05) is 0 Å². The van der Waals surface area contributed by atoms with Gasteiger partial charge in [0, 0.05) is 47.9 Å². The molecule has 0 N–H and O–H groups in total. The number of hydrogen-bond acceptors (Lipinski definition) is 0. The average Bonchev–Trinajstić information content (AvgIpc) is 3.84. The highest BCUT2D eigenvalue weighted by molar-refractivity contribution is 8.34. The normalized spacial score (nSPS) is 12.2. The zero-order valence-electron chi connectivity index (χ0n) is 39.0. The summed E-state index contributed by atoms with van der Waals surface area (Å²) in [4.78, 5) is 5.44. The quantitative estimate of drug-likeness (QED) is 0.148. The van der Waals surface area contributed by atoms with Gasteiger partial charge in [-0.3, -0.25) is 0 Å². The van der Waals surface area contributed by atoms with Crippen LogP contribution in [0.2, 0.25) is 0 Å². The molecule has 10 rings (SSSR count). The van der Waals surface area contributed by atoms with Crippen LogP contribution in [-0.4, -0.2) is 103 Å². The number of aromatic nitrogens is 2. The Morgan fingerprint density at radius 3 is 1.22 bits per heavy atom. The zero-order valence-corrected chi connectivity index (χ0v) is 39.8. The third-order valence-electron chi connectivity index (χ3n) is 15.3. The van der Waals surface area contributed by atoms with Crippen LogP contribution in [0.1, 0.15) is 0 Å². The lowest BCUT2D eigenvalue weighted by Crippen LogP contribution is -2.49. The van der Waals surface area contributed by atoms with Gasteiger partial charge >= 0.3 is 0 Å². The topological polar surface area (TPSA) is 9.86 Å². The Morgan fingerprint density at radius 1 is 0.317 bits per heavy atom. The molecule has 0 saturated carbocycles. The van der Waals surface area contributed by atoms with Gasteiger partial charge in [0.2, 0.25) is 0 Å². The number of fused-ring (bicyclic) bond motifs is 6. The van der Waals surface area contributed by atoms with Gasteiger partial charge in [-0.2, -0.15) is 0 Å². The maximum Gasteiger partial charge on any atom is 0.143 e. The smallest absolute Gasteiger partial charge is 0.143 e. The fourth-order valence-electron chi connectivity index (χ4n) is 11.2. The van der Waals surface area contributed by atoms with Crippen LogP contribution in [0.25, 0.3) is 55.0 Å². The Hall–Kier alpha value is -5.51. The van der Waals surface area contributed by atoms with Crippen LogP contribution in [0.3, 0.4) is 0 Å². The van der Waals surface area contributed by atoms with Crippen molar-refractivity contribution in [1.82, 2.24) is 9.13 Å². The van der Waals surface area contributed by atoms with Crippen molar-refractivity contribution in [3.63, 3.8) is 0 Å². The maximum atomic E-state index is 2.61. The molecule has 0 spiro atoms. The summed E-state index contributed by atoms with van der Waals surface area (Å²) in [6.07, 6.45) is 0. The zero-order chi connectivity index (χ0) is 44.2. The van der Waals surface area contributed by atoms with Crippen LogP contribution in [0.5, 0.6) is 0 Å². The summed E-state index contributed by atoms with van der Waals surface area (Å²) in [7, 11) is 26.1. The number of nitrogens with zero attached hydrogens (tertiary/aromatic N) is 2. The number of hydrogen-bond donors (Lipinski definition) is 0. The molecule has 0 amide bonds. The molecule has 0 bridgehead atoms. The van der Waals surface area contributed by atoms with E-state index in [1.165, 1.54) is 140 Å². The van der Waals surface area contributed by atoms with E-state index >= 15 is 0 Å². The lowest BCUT2D eigenvalue weighted by atomic mass is 9.63. The predicted octanol–water partition coefficient (Wildman–Crippen LogP) is -7.68. The highest BCUT2D eigenvalue weighted by Crippen LogP contribution is 2.72. The van der Waals surface area contributed by atoms with E-state index in [9.17, 15) is 0 Å². The van der Waals surface area contributed by atoms with Gasteiger partial charge in [-0.25, -0.2) is 0 Å². The lowest BCUT2D eigenvalue weighted by molar-refractivity contribution is 1.18. The van der Waals surface area contributed by atoms with Crippen LogP contribution < -0.4 is 65.6 Å². The van der Waals surface area contributed by atoms with Crippen LogP contribution in [0.4, 0.5) is 0 Å². The summed E-state index contributed by atoms with van der Waals surface area (Å²) in [6, 6.07) is 50.3. The van der Waals surface area contributed by atoms with E-state index in [4.69, 9.17) is 0 Å². The van der Waals surface area contributed by atoms with Gasteiger partial charge in [-0.05, 0) is 76.3 Å². The molecule has 8 aromatic carbocycles. The fraction of sp³-hybridized carbons (Fsp3) is 0. The molecule has 0 fully saturated rings. The molecule has 0 aliphatic heterocycles. The monoisotopic (exact) mass is 814 g/mol. The van der Waals surface area contributed by atoms with Crippen molar-refractivity contribution in [3.8, 4) is 11.4 Å². The van der Waals surface area contributed by atoms with E-state index in [0.29, 0.717) is 0 Å². The highest BCUT2D eigenvalue weighted by Gasteiger charge is 2.37. The van der Waals surface area contributed by atoms with Crippen molar-refractivity contribution in [1.29, 1.82) is 0 Å². The van der Waals surface area contributed by atoms with E-state index < -0.39 is 10.0 Å². The Morgan fingerprint density at radius 2 is 0.730 bits per heavy atom. The van der Waals surface area contributed by atoms with Crippen LogP contribution >= 0.6 is 10.0 Å². The Balaban J connectivity index is 1.34. The van der Waals surface area contributed by atoms with E-state index in [2.05, 4.69) is 237 Å². The molecule has 63 heavy (non-hydrogen) atoms. The van der Waals surface area contributed by atoms with Gasteiger partial charge in [0.25, 0.3) is 0 Å². The van der Waals surface area contributed by atoms with Crippen LogP contribution in [-0.2, 0) is 0 Å². The Kier molecular flexibility index (Phi) is 10.1. The molecule has 290 valence electrons. The minimum absolute atomic E-state index is 1.21. The highest BCUT2D eigenvalue weighted by atomic mass is 32.3. The second-order valence-electron chi connectivity index (χ2n) is 18.1. The molecule has 10 aromatic rings. The van der Waals surface area contributed by atoms with Gasteiger partial charge in [0.05, 0.1) is 11.0 Å². The molecule has 0 aliphatic carbocycles. The summed E-state index contributed by atoms with van der Waals surface area (Å²) in [5, 5.41) is 5.32. The van der Waals surface area contributed by atoms with Crippen LogP contribution in [0.15, 0.2) is 153 Å². The summed E-state index contributed by atoms with van der Waals surface area (Å²) < 4.78 is 5.21. The first kappa shape index (κ1) is 41.5. The second-order valence-corrected chi connectivity index (χ2v) is 21.1. The molecule has 0 saturated heterocycles. The van der Waals surface area contributed by atoms with Crippen molar-refractivity contribution in [2.24, 2.45) is 0 Å². The summed E-state index contributed by atoms with van der Waals surface area (Å²) in [5.41, 5.74) is 24.0. The van der Waals surface area contributed by atoms with Gasteiger partial charge < -0.3 is 9.13 Å². The van der Waals surface area contributed by atoms with Crippen molar-refractivity contribution in [2.45, 2.75) is 19.6 Å². The van der Waals surface area contributed by atoms with E-state index in [-0.39, 0.29) is 0 Å². The SMILES string of the molecule is Bc1c(B)c(-n2c3ccccc3c3cc(-n4c5c(B)c(B)c(B)c(B)c5c5c(B)c(B)c(B)c(B)c54)ccc32)c(B)c(S(c2ccccc2)(c2ccccc2)c2ccccc2)c1B. The molecular weight excluding hydrogens is 766 g/mol. The van der Waals surface area contributed by atoms with E-state index in [0.717, 1.165) is 0 Å². The minimum Gasteiger partial charge on any atom is -0.310 e. The molecule has 0 atom stereocenters. The van der Waals surface area contributed by atoms with Gasteiger partial charge in [-0.15, -0.1) is 21.0 Å². The first-order valence-corrected chi connectivity index (χ1v) is 24.1. The largest absolute Gasteiger partial charge is 0.310 e. The minimum atomic E-state index is -1.96. The summed E-state index contributed by atoms with van der Waals surface area (Å²) in [5.74, 6) is 0. The number of rotatable bonds is 6. The third kappa shape index (κ3) is 5.77. The first-order chi connectivity index (χ1) is 30.3. The molecule has 15 heteroatoms.